The highest BCUT2D eigenvalue weighted by atomic mass is 35.5. The summed E-state index contributed by atoms with van der Waals surface area (Å²) in [4.78, 5) is 35.0. The maximum atomic E-state index is 11.5. The number of alkyl halides is 2. The zero-order chi connectivity index (χ0) is 11.0. The number of halogens is 2. The summed E-state index contributed by atoms with van der Waals surface area (Å²) in [6.07, 6.45) is 0. The van der Waals surface area contributed by atoms with Crippen molar-refractivity contribution in [2.45, 2.75) is 24.8 Å². The van der Waals surface area contributed by atoms with Gasteiger partial charge in [-0.2, -0.15) is 0 Å². The molecule has 7 heteroatoms. The lowest BCUT2D eigenvalue weighted by Gasteiger charge is -2.13. The van der Waals surface area contributed by atoms with Crippen LogP contribution in [0.4, 0.5) is 4.79 Å². The van der Waals surface area contributed by atoms with Crippen molar-refractivity contribution >= 4 is 41.0 Å². The average Bonchev–Trinajstić information content (AvgIpc) is 2.23. The molecule has 1 rings (SSSR count). The van der Waals surface area contributed by atoms with Crippen molar-refractivity contribution in [1.29, 1.82) is 0 Å². The van der Waals surface area contributed by atoms with Crippen LogP contribution in [0, 0.1) is 0 Å². The van der Waals surface area contributed by atoms with Crippen LogP contribution in [0.1, 0.15) is 13.8 Å². The lowest BCUT2D eigenvalue weighted by molar-refractivity contribution is -0.126. The predicted octanol–water partition coefficient (Wildman–Crippen LogP) is 0.947. The van der Waals surface area contributed by atoms with E-state index >= 15 is 0 Å². The van der Waals surface area contributed by atoms with Crippen LogP contribution in [-0.2, 0) is 9.59 Å². The largest absolute Gasteiger partial charge is 0.336 e. The molecule has 1 fully saturated rings. The van der Waals surface area contributed by atoms with Gasteiger partial charge in [-0.15, -0.1) is 0 Å². The molecule has 2 atom stereocenters. The molecule has 1 aliphatic rings. The number of urea groups is 1. The van der Waals surface area contributed by atoms with Crippen LogP contribution in [0.15, 0.2) is 0 Å². The van der Waals surface area contributed by atoms with E-state index in [1.165, 1.54) is 13.8 Å². The van der Waals surface area contributed by atoms with Crippen LogP contribution in [0.25, 0.3) is 0 Å². The van der Waals surface area contributed by atoms with Gasteiger partial charge < -0.3 is 0 Å². The Morgan fingerprint density at radius 2 is 1.36 bits per heavy atom. The summed E-state index contributed by atoms with van der Waals surface area (Å²) in [6.45, 7) is 2.36. The van der Waals surface area contributed by atoms with Gasteiger partial charge >= 0.3 is 6.03 Å². The highest BCUT2D eigenvalue weighted by Gasteiger charge is 2.47. The summed E-state index contributed by atoms with van der Waals surface area (Å²) in [5.74, 6) is -1.08. The Hall–Kier alpha value is -0.810. The van der Waals surface area contributed by atoms with Crippen molar-refractivity contribution in [2.75, 3.05) is 0 Å². The molecular weight excluding hydrogens is 231 g/mol. The molecule has 0 saturated carbocycles. The van der Waals surface area contributed by atoms with Gasteiger partial charge in [-0.3, -0.25) is 9.59 Å². The minimum atomic E-state index is -1.01. The van der Waals surface area contributed by atoms with Gasteiger partial charge in [-0.1, -0.05) is 23.2 Å². The number of carbonyl (C=O) groups is 3. The van der Waals surface area contributed by atoms with Gasteiger partial charge in [-0.05, 0) is 0 Å². The van der Waals surface area contributed by atoms with E-state index in [1.807, 2.05) is 0 Å². The number of carbonyl (C=O) groups excluding carboxylic acids is 3. The van der Waals surface area contributed by atoms with Crippen molar-refractivity contribution in [1.82, 2.24) is 9.80 Å². The molecule has 1 saturated heterocycles. The molecule has 0 aromatic rings. The summed E-state index contributed by atoms with van der Waals surface area (Å²) < 4.78 is 0. The third-order valence-electron chi connectivity index (χ3n) is 1.81. The average molecular weight is 239 g/mol. The van der Waals surface area contributed by atoms with Crippen LogP contribution < -0.4 is 0 Å². The van der Waals surface area contributed by atoms with Crippen LogP contribution in [0.3, 0.4) is 0 Å². The van der Waals surface area contributed by atoms with E-state index in [1.54, 1.807) is 0 Å². The molecule has 1 aliphatic heterocycles. The Morgan fingerprint density at radius 3 is 1.50 bits per heavy atom. The molecule has 1 heterocycles. The van der Waals surface area contributed by atoms with Gasteiger partial charge in [0, 0.05) is 13.8 Å². The highest BCUT2D eigenvalue weighted by Crippen LogP contribution is 2.28. The van der Waals surface area contributed by atoms with E-state index in [2.05, 4.69) is 0 Å². The van der Waals surface area contributed by atoms with Crippen LogP contribution >= 0.6 is 23.2 Å². The zero-order valence-corrected chi connectivity index (χ0v) is 9.04. The normalized spacial score (nSPS) is 27.0. The molecule has 0 spiro atoms. The summed E-state index contributed by atoms with van der Waals surface area (Å²) in [5, 5.41) is 0. The summed E-state index contributed by atoms with van der Waals surface area (Å²) in [5.41, 5.74) is -2.02. The molecule has 0 N–H and O–H groups in total. The monoisotopic (exact) mass is 238 g/mol. The van der Waals surface area contributed by atoms with Crippen LogP contribution in [-0.4, -0.2) is 38.6 Å². The fourth-order valence-electron chi connectivity index (χ4n) is 1.19. The first kappa shape index (κ1) is 11.3. The fourth-order valence-corrected chi connectivity index (χ4v) is 1.86. The minimum absolute atomic E-state index is 0.538. The van der Waals surface area contributed by atoms with Crippen LogP contribution in [0.2, 0.25) is 0 Å². The lowest BCUT2D eigenvalue weighted by atomic mass is 10.5. The van der Waals surface area contributed by atoms with Crippen molar-refractivity contribution in [3.05, 3.63) is 0 Å². The summed E-state index contributed by atoms with van der Waals surface area (Å²) in [7, 11) is 0. The first-order chi connectivity index (χ1) is 6.37. The van der Waals surface area contributed by atoms with Crippen molar-refractivity contribution in [3.63, 3.8) is 0 Å². The maximum absolute atomic E-state index is 11.5. The molecule has 4 amide bonds. The van der Waals surface area contributed by atoms with Crippen molar-refractivity contribution < 1.29 is 14.4 Å². The van der Waals surface area contributed by atoms with Gasteiger partial charge in [0.25, 0.3) is 0 Å². The Labute approximate surface area is 90.5 Å². The third kappa shape index (κ3) is 1.57. The maximum Gasteiger partial charge on any atom is 0.336 e. The molecule has 0 aromatic heterocycles. The number of hydrogen-bond donors (Lipinski definition) is 0. The molecule has 0 aromatic carbocycles. The smallest absolute Gasteiger partial charge is 0.275 e. The van der Waals surface area contributed by atoms with E-state index in [0.717, 1.165) is 9.80 Å². The summed E-state index contributed by atoms with van der Waals surface area (Å²) >= 11 is 11.4. The minimum Gasteiger partial charge on any atom is -0.275 e. The molecule has 0 bridgehead atoms. The Morgan fingerprint density at radius 1 is 1.07 bits per heavy atom. The summed E-state index contributed by atoms with van der Waals surface area (Å²) in [6, 6.07) is -0.773. The van der Waals surface area contributed by atoms with Gasteiger partial charge in [0.05, 0.1) is 0 Å². The number of nitrogens with zero attached hydrogens (tertiary/aromatic N) is 2. The number of rotatable bonds is 0. The molecule has 14 heavy (non-hydrogen) atoms. The first-order valence-corrected chi connectivity index (χ1v) is 4.67. The molecule has 0 aliphatic carbocycles. The molecule has 78 valence electrons. The van der Waals surface area contributed by atoms with Gasteiger partial charge in [0.1, 0.15) is 0 Å². The third-order valence-corrected chi connectivity index (χ3v) is 2.81. The fraction of sp³-hybridized carbons (Fsp3) is 0.571. The molecule has 0 radical (unpaired) electrons. The Balaban J connectivity index is 3.02. The van der Waals surface area contributed by atoms with Gasteiger partial charge in [-0.25, -0.2) is 14.6 Å². The lowest BCUT2D eigenvalue weighted by Crippen LogP contribution is -2.38. The highest BCUT2D eigenvalue weighted by molar-refractivity contribution is 6.34. The standard InChI is InChI=1S/C7H8Cl2N2O3/c1-3(12)10-5(8)6(9)11(4(2)13)7(10)14/h5-6H,1-2H3. The second-order valence-corrected chi connectivity index (χ2v) is 3.70. The molecule has 5 nitrogen and oxygen atoms in total. The number of hydrogen-bond acceptors (Lipinski definition) is 3. The predicted molar refractivity (Wildman–Crippen MR) is 49.7 cm³/mol. The van der Waals surface area contributed by atoms with Crippen molar-refractivity contribution in [3.8, 4) is 0 Å². The SMILES string of the molecule is CC(=O)N1C(=O)N(C(C)=O)C(Cl)C1Cl. The van der Waals surface area contributed by atoms with Gasteiger partial charge in [0.2, 0.25) is 11.8 Å². The molecular formula is C7H8Cl2N2O3. The molecule has 2 unspecified atom stereocenters. The first-order valence-electron chi connectivity index (χ1n) is 3.79. The van der Waals surface area contributed by atoms with E-state index in [-0.39, 0.29) is 0 Å². The number of imide groups is 2. The quantitative estimate of drug-likeness (QED) is 0.467. The second kappa shape index (κ2) is 3.74. The zero-order valence-electron chi connectivity index (χ0n) is 7.53. The van der Waals surface area contributed by atoms with E-state index in [0.29, 0.717) is 0 Å². The van der Waals surface area contributed by atoms with Crippen LogP contribution in [0.5, 0.6) is 0 Å². The van der Waals surface area contributed by atoms with Gasteiger partial charge in [0.15, 0.2) is 11.0 Å². The van der Waals surface area contributed by atoms with E-state index in [9.17, 15) is 14.4 Å². The van der Waals surface area contributed by atoms with E-state index < -0.39 is 28.8 Å². The van der Waals surface area contributed by atoms with E-state index in [4.69, 9.17) is 23.2 Å². The van der Waals surface area contributed by atoms with Crippen molar-refractivity contribution in [2.24, 2.45) is 0 Å². The number of amides is 4. The Bertz CT molecular complexity index is 279. The Kier molecular flexibility index (Phi) is 3.01. The second-order valence-electron chi connectivity index (χ2n) is 2.81. The topological polar surface area (TPSA) is 57.7 Å².